The number of urea groups is 1. The van der Waals surface area contributed by atoms with Crippen molar-refractivity contribution in [3.63, 3.8) is 0 Å². The lowest BCUT2D eigenvalue weighted by molar-refractivity contribution is -0.127. The lowest BCUT2D eigenvalue weighted by atomic mass is 9.88. The van der Waals surface area contributed by atoms with E-state index in [1.54, 1.807) is 36.2 Å². The maximum atomic E-state index is 12.8. The van der Waals surface area contributed by atoms with E-state index in [0.29, 0.717) is 17.7 Å². The van der Waals surface area contributed by atoms with Gasteiger partial charge >= 0.3 is 6.03 Å². The topological polar surface area (TPSA) is 98.7 Å². The van der Waals surface area contributed by atoms with Crippen LogP contribution in [0.1, 0.15) is 34.5 Å². The molecule has 3 aromatic carbocycles. The van der Waals surface area contributed by atoms with Gasteiger partial charge in [0.25, 0.3) is 11.8 Å². The normalized spacial score (nSPS) is 18.2. The van der Waals surface area contributed by atoms with Gasteiger partial charge in [-0.2, -0.15) is 0 Å². The van der Waals surface area contributed by atoms with Gasteiger partial charge in [0, 0.05) is 19.2 Å². The number of aliphatic hydroxyl groups is 1. The Labute approximate surface area is 198 Å². The molecule has 0 radical (unpaired) electrons. The second-order valence-electron chi connectivity index (χ2n) is 8.67. The lowest BCUT2D eigenvalue weighted by Gasteiger charge is -2.27. The number of hydrogen-bond acceptors (Lipinski definition) is 4. The summed E-state index contributed by atoms with van der Waals surface area (Å²) in [5.41, 5.74) is 2.71. The molecule has 0 saturated carbocycles. The zero-order chi connectivity index (χ0) is 24.3. The Morgan fingerprint density at radius 2 is 1.53 bits per heavy atom. The van der Waals surface area contributed by atoms with Crippen molar-refractivity contribution in [3.8, 4) is 11.1 Å². The Kier molecular flexibility index (Phi) is 6.47. The summed E-state index contributed by atoms with van der Waals surface area (Å²) in [6, 6.07) is 23.9. The first kappa shape index (κ1) is 23.2. The largest absolute Gasteiger partial charge is 0.385 e. The van der Waals surface area contributed by atoms with Gasteiger partial charge in [0.15, 0.2) is 0 Å². The van der Waals surface area contributed by atoms with E-state index in [4.69, 9.17) is 0 Å². The van der Waals surface area contributed by atoms with Crippen molar-refractivity contribution < 1.29 is 19.5 Å². The van der Waals surface area contributed by atoms with Crippen LogP contribution in [0.5, 0.6) is 0 Å². The fourth-order valence-electron chi connectivity index (χ4n) is 4.01. The molecule has 34 heavy (non-hydrogen) atoms. The minimum Gasteiger partial charge on any atom is -0.385 e. The Morgan fingerprint density at radius 3 is 2.09 bits per heavy atom. The molecule has 1 fully saturated rings. The van der Waals surface area contributed by atoms with Gasteiger partial charge in [-0.25, -0.2) is 4.79 Å². The molecule has 1 saturated heterocycles. The van der Waals surface area contributed by atoms with E-state index in [-0.39, 0.29) is 5.91 Å². The molecular weight excluding hydrogens is 430 g/mol. The van der Waals surface area contributed by atoms with Gasteiger partial charge in [-0.3, -0.25) is 14.9 Å². The Bertz CT molecular complexity index is 1190. The molecule has 1 aliphatic heterocycles. The van der Waals surface area contributed by atoms with Gasteiger partial charge in [-0.1, -0.05) is 66.7 Å². The van der Waals surface area contributed by atoms with Crippen LogP contribution in [0, 0.1) is 0 Å². The number of rotatable bonds is 7. The number of likely N-dealkylation sites (N-methyl/N-ethyl adjacent to an activating group) is 1. The summed E-state index contributed by atoms with van der Waals surface area (Å²) in [6.07, 6.45) is -0.400. The molecule has 2 atom stereocenters. The Balaban J connectivity index is 1.41. The van der Waals surface area contributed by atoms with Crippen LogP contribution in [0.15, 0.2) is 78.9 Å². The van der Waals surface area contributed by atoms with Gasteiger partial charge in [0.2, 0.25) is 0 Å². The maximum Gasteiger partial charge on any atom is 0.322 e. The molecule has 0 spiro atoms. The molecule has 4 amide bonds. The fraction of sp³-hybridized carbons (Fsp3) is 0.222. The first-order valence-electron chi connectivity index (χ1n) is 11.1. The van der Waals surface area contributed by atoms with Crippen LogP contribution in [0.3, 0.4) is 0 Å². The number of nitrogens with one attached hydrogen (secondary N) is 2. The highest BCUT2D eigenvalue weighted by atomic mass is 16.3. The average Bonchev–Trinajstić information content (AvgIpc) is 3.14. The molecule has 3 N–H and O–H groups in total. The van der Waals surface area contributed by atoms with Crippen molar-refractivity contribution in [1.29, 1.82) is 0 Å². The SMILES string of the molecule is CN(CCc1ccccc1)C(=O)c1ccc(-c2ccc(C(O)C3(C)NC(=O)NC3=O)cc2)cc1. The van der Waals surface area contributed by atoms with Crippen LogP contribution in [-0.4, -0.2) is 47.0 Å². The van der Waals surface area contributed by atoms with Crippen LogP contribution in [0.4, 0.5) is 4.79 Å². The van der Waals surface area contributed by atoms with E-state index in [0.717, 1.165) is 17.5 Å². The second kappa shape index (κ2) is 9.49. The van der Waals surface area contributed by atoms with Crippen LogP contribution in [0.25, 0.3) is 11.1 Å². The summed E-state index contributed by atoms with van der Waals surface area (Å²) >= 11 is 0. The molecule has 7 nitrogen and oxygen atoms in total. The number of carbonyl (C=O) groups is 3. The highest BCUT2D eigenvalue weighted by Crippen LogP contribution is 2.30. The molecule has 0 aromatic heterocycles. The molecular formula is C27H27N3O4. The molecule has 0 aliphatic carbocycles. The molecule has 3 aromatic rings. The number of aliphatic hydroxyl groups excluding tert-OH is 1. The van der Waals surface area contributed by atoms with E-state index in [1.807, 2.05) is 42.5 Å². The third kappa shape index (κ3) is 4.70. The average molecular weight is 458 g/mol. The first-order valence-corrected chi connectivity index (χ1v) is 11.1. The van der Waals surface area contributed by atoms with Crippen molar-refractivity contribution in [3.05, 3.63) is 95.6 Å². The summed E-state index contributed by atoms with van der Waals surface area (Å²) in [6.45, 7) is 2.12. The Morgan fingerprint density at radius 1 is 0.941 bits per heavy atom. The third-order valence-electron chi connectivity index (χ3n) is 6.24. The number of carbonyl (C=O) groups excluding carboxylic acids is 3. The smallest absolute Gasteiger partial charge is 0.322 e. The third-order valence-corrected chi connectivity index (χ3v) is 6.24. The van der Waals surface area contributed by atoms with E-state index in [1.165, 1.54) is 12.5 Å². The van der Waals surface area contributed by atoms with Crippen molar-refractivity contribution in [2.24, 2.45) is 0 Å². The minimum absolute atomic E-state index is 0.0360. The van der Waals surface area contributed by atoms with E-state index in [2.05, 4.69) is 22.8 Å². The predicted molar refractivity (Wildman–Crippen MR) is 129 cm³/mol. The number of imide groups is 1. The summed E-state index contributed by atoms with van der Waals surface area (Å²) in [7, 11) is 1.80. The van der Waals surface area contributed by atoms with Crippen molar-refractivity contribution in [2.45, 2.75) is 25.0 Å². The predicted octanol–water partition coefficient (Wildman–Crippen LogP) is 3.30. The second-order valence-corrected chi connectivity index (χ2v) is 8.67. The fourth-order valence-corrected chi connectivity index (χ4v) is 4.01. The van der Waals surface area contributed by atoms with Crippen LogP contribution >= 0.6 is 0 Å². The molecule has 174 valence electrons. The highest BCUT2D eigenvalue weighted by Gasteiger charge is 2.48. The van der Waals surface area contributed by atoms with Crippen molar-refractivity contribution >= 4 is 17.8 Å². The molecule has 0 bridgehead atoms. The summed E-state index contributed by atoms with van der Waals surface area (Å²) in [5.74, 6) is -0.603. The van der Waals surface area contributed by atoms with E-state index >= 15 is 0 Å². The molecule has 4 rings (SSSR count). The number of hydrogen-bond donors (Lipinski definition) is 3. The Hall–Kier alpha value is -3.97. The summed E-state index contributed by atoms with van der Waals surface area (Å²) < 4.78 is 0. The number of benzene rings is 3. The standard InChI is InChI=1S/C27H27N3O4/c1-27(25(33)28-26(34)29-27)23(31)21-12-8-19(9-13-21)20-10-14-22(15-11-20)24(32)30(2)17-16-18-6-4-3-5-7-18/h3-15,23,31H,16-17H2,1-2H3,(H2,28,29,33,34). The molecule has 1 heterocycles. The van der Waals surface area contributed by atoms with Gasteiger partial charge in [-0.15, -0.1) is 0 Å². The minimum atomic E-state index is -1.42. The first-order chi connectivity index (χ1) is 16.3. The molecule has 2 unspecified atom stereocenters. The van der Waals surface area contributed by atoms with Crippen molar-refractivity contribution in [2.75, 3.05) is 13.6 Å². The van der Waals surface area contributed by atoms with Gasteiger partial charge in [0.05, 0.1) is 0 Å². The molecule has 1 aliphatic rings. The van der Waals surface area contributed by atoms with Gasteiger partial charge < -0.3 is 15.3 Å². The van der Waals surface area contributed by atoms with E-state index < -0.39 is 23.6 Å². The zero-order valence-corrected chi connectivity index (χ0v) is 19.1. The summed E-state index contributed by atoms with van der Waals surface area (Å²) in [5, 5.41) is 15.3. The van der Waals surface area contributed by atoms with Crippen molar-refractivity contribution in [1.82, 2.24) is 15.5 Å². The van der Waals surface area contributed by atoms with Crippen LogP contribution < -0.4 is 10.6 Å². The van der Waals surface area contributed by atoms with Crippen LogP contribution in [-0.2, 0) is 11.2 Å². The highest BCUT2D eigenvalue weighted by molar-refractivity contribution is 6.07. The molecule has 7 heteroatoms. The van der Waals surface area contributed by atoms with Gasteiger partial charge in [0.1, 0.15) is 11.6 Å². The monoisotopic (exact) mass is 457 g/mol. The number of amides is 4. The van der Waals surface area contributed by atoms with Crippen LogP contribution in [0.2, 0.25) is 0 Å². The maximum absolute atomic E-state index is 12.8. The van der Waals surface area contributed by atoms with E-state index in [9.17, 15) is 19.5 Å². The zero-order valence-electron chi connectivity index (χ0n) is 19.1. The summed E-state index contributed by atoms with van der Waals surface area (Å²) in [4.78, 5) is 38.0. The lowest BCUT2D eigenvalue weighted by Crippen LogP contribution is -2.49. The quantitative estimate of drug-likeness (QED) is 0.474. The number of nitrogens with zero attached hydrogens (tertiary/aromatic N) is 1. The van der Waals surface area contributed by atoms with Gasteiger partial charge in [-0.05, 0) is 47.7 Å².